The van der Waals surface area contributed by atoms with E-state index in [4.69, 9.17) is 28.7 Å². The second kappa shape index (κ2) is 8.87. The average molecular weight is 255 g/mol. The molecule has 0 heterocycles. The fourth-order valence-electron chi connectivity index (χ4n) is 0. The predicted molar refractivity (Wildman–Crippen MR) is 17.4 cm³/mol. The summed E-state index contributed by atoms with van der Waals surface area (Å²) < 4.78 is 37.1. The van der Waals surface area contributed by atoms with Gasteiger partial charge in [-0.1, -0.05) is 0 Å². The van der Waals surface area contributed by atoms with Crippen molar-refractivity contribution < 1.29 is 73.3 Å². The van der Waals surface area contributed by atoms with Gasteiger partial charge in [0, 0.05) is 0 Å². The smallest absolute Gasteiger partial charge is 0.786 e. The summed E-state index contributed by atoms with van der Waals surface area (Å²) in [6, 6.07) is 0. The molecule has 0 unspecified atom stereocenters. The number of rotatable bonds is 0. The second-order valence-electron chi connectivity index (χ2n) is 0.861. The maximum absolute atomic E-state index is 10.1. The predicted octanol–water partition coefficient (Wildman–Crippen LogP) is -5.43. The van der Waals surface area contributed by atoms with Crippen molar-refractivity contribution in [2.45, 2.75) is 0 Å². The van der Waals surface area contributed by atoms with Crippen LogP contribution in [-0.2, 0) is 26.5 Å². The summed E-state index contributed by atoms with van der Waals surface area (Å²) in [6.07, 6.45) is 0. The van der Waals surface area contributed by atoms with Gasteiger partial charge >= 0.3 is 36.2 Å². The van der Waals surface area contributed by atoms with E-state index < -0.39 is 15.8 Å². The third-order valence-corrected chi connectivity index (χ3v) is 0. The molecule has 0 aliphatic rings. The molecule has 0 aliphatic heterocycles. The van der Waals surface area contributed by atoms with Crippen molar-refractivity contribution in [3.63, 3.8) is 0 Å². The van der Waals surface area contributed by atoms with E-state index in [-0.39, 0.29) is 36.2 Å². The molecule has 0 saturated carbocycles. The molecule has 0 atom stereocenters. The third kappa shape index (κ3) is 718. The van der Waals surface area contributed by atoms with Gasteiger partial charge in [0.15, 0.2) is 0 Å². The maximum Gasteiger partial charge on any atom is 3.00 e. The zero-order chi connectivity index (χ0) is 9.00. The van der Waals surface area contributed by atoms with Gasteiger partial charge in [0.2, 0.25) is 0 Å². The van der Waals surface area contributed by atoms with Crippen molar-refractivity contribution in [1.82, 2.24) is 0 Å². The van der Waals surface area contributed by atoms with Crippen LogP contribution in [0.4, 0.5) is 8.39 Å². The molecule has 0 fully saturated rings. The summed E-state index contributed by atoms with van der Waals surface area (Å²) in [4.78, 5) is 33.8. The van der Waals surface area contributed by atoms with E-state index in [2.05, 4.69) is 0 Å². The Bertz CT molecular complexity index is 136. The molecule has 0 N–H and O–H groups in total. The Morgan fingerprint density at radius 2 is 0.833 bits per heavy atom. The molecule has 12 heteroatoms. The molecule has 0 bridgehead atoms. The largest absolute Gasteiger partial charge is 3.00 e. The second-order valence-corrected chi connectivity index (χ2v) is 2.58. The van der Waals surface area contributed by atoms with Crippen molar-refractivity contribution in [2.75, 3.05) is 0 Å². The van der Waals surface area contributed by atoms with Crippen LogP contribution in [0.25, 0.3) is 0 Å². The van der Waals surface area contributed by atoms with Crippen molar-refractivity contribution in [2.24, 2.45) is 0 Å². The first-order valence-electron chi connectivity index (χ1n) is 1.43. The molecule has 1 radical (unpaired) electrons. The van der Waals surface area contributed by atoms with Gasteiger partial charge in [0.1, 0.15) is 15.8 Å². The van der Waals surface area contributed by atoms with E-state index in [1.807, 2.05) is 0 Å². The molecule has 0 amide bonds. The zero-order valence-corrected chi connectivity index (χ0v) is 8.57. The Kier molecular flexibility index (Phi) is 17.2. The maximum atomic E-state index is 10.1. The minimum Gasteiger partial charge on any atom is -0.786 e. The zero-order valence-electron chi connectivity index (χ0n) is 5.51. The minimum absolute atomic E-state index is 0. The van der Waals surface area contributed by atoms with Crippen LogP contribution in [0, 0.1) is 0 Å². The van der Waals surface area contributed by atoms with E-state index in [0.717, 1.165) is 0 Å². The molecule has 0 spiro atoms. The first kappa shape index (κ1) is 23.3. The van der Waals surface area contributed by atoms with Crippen LogP contribution < -0.4 is 38.4 Å². The van der Waals surface area contributed by atoms with Gasteiger partial charge in [-0.3, -0.25) is 0 Å². The van der Waals surface area contributed by atoms with Crippen LogP contribution in [0.3, 0.4) is 0 Å². The molecular formula is CrF2LiO6P2. The van der Waals surface area contributed by atoms with Gasteiger partial charge in [0.05, 0.1) is 0 Å². The summed E-state index contributed by atoms with van der Waals surface area (Å²) in [5.41, 5.74) is 0. The quantitative estimate of drug-likeness (QED) is 0.314. The van der Waals surface area contributed by atoms with E-state index in [1.54, 1.807) is 0 Å². The molecule has 0 aromatic heterocycles. The molecule has 0 aromatic rings. The van der Waals surface area contributed by atoms with Crippen molar-refractivity contribution in [3.05, 3.63) is 0 Å². The summed E-state index contributed by atoms with van der Waals surface area (Å²) in [7, 11) is -11.3. The van der Waals surface area contributed by atoms with Crippen molar-refractivity contribution >= 4 is 15.8 Å². The van der Waals surface area contributed by atoms with E-state index in [1.165, 1.54) is 0 Å². The summed E-state index contributed by atoms with van der Waals surface area (Å²) in [6.45, 7) is 0. The van der Waals surface area contributed by atoms with Crippen molar-refractivity contribution in [1.29, 1.82) is 0 Å². The first-order chi connectivity index (χ1) is 4.00. The molecule has 6 nitrogen and oxygen atoms in total. The van der Waals surface area contributed by atoms with Crippen LogP contribution in [0.15, 0.2) is 0 Å². The molecular weight excluding hydrogens is 255 g/mol. The van der Waals surface area contributed by atoms with Crippen LogP contribution in [0.5, 0.6) is 0 Å². The number of hydrogen-bond acceptors (Lipinski definition) is 6. The Balaban J connectivity index is -0.0000000457. The van der Waals surface area contributed by atoms with Crippen LogP contribution in [0.1, 0.15) is 0 Å². The van der Waals surface area contributed by atoms with Gasteiger partial charge in [-0.2, -0.15) is 0 Å². The molecule has 0 rings (SSSR count). The topological polar surface area (TPSA) is 126 Å². The summed E-state index contributed by atoms with van der Waals surface area (Å²) >= 11 is 0. The average Bonchev–Trinajstić information content (AvgIpc) is 1.12. The molecule has 67 valence electrons. The monoisotopic (exact) mass is 255 g/mol. The van der Waals surface area contributed by atoms with Crippen LogP contribution in [-0.4, -0.2) is 0 Å². The fraction of sp³-hybridized carbons (Fsp3) is 0. The molecule has 0 aliphatic carbocycles. The van der Waals surface area contributed by atoms with E-state index in [0.29, 0.717) is 0 Å². The van der Waals surface area contributed by atoms with Crippen LogP contribution >= 0.6 is 15.8 Å². The molecule has 12 heavy (non-hydrogen) atoms. The van der Waals surface area contributed by atoms with Gasteiger partial charge < -0.3 is 28.7 Å². The standard InChI is InChI=1S/Cr.2FH2O3P.Li/c;2*1-5(2,3)4;/h;2*(H2,2,3,4);/q+3;;;+1/p-4. The van der Waals surface area contributed by atoms with Gasteiger partial charge in [-0.05, 0) is 0 Å². The summed E-state index contributed by atoms with van der Waals surface area (Å²) in [5.74, 6) is 0. The van der Waals surface area contributed by atoms with Crippen LogP contribution in [0.2, 0.25) is 0 Å². The Morgan fingerprint density at radius 1 is 0.833 bits per heavy atom. The minimum atomic E-state index is -5.64. The van der Waals surface area contributed by atoms with E-state index in [9.17, 15) is 8.39 Å². The fourth-order valence-corrected chi connectivity index (χ4v) is 0. The Hall–Kier alpha value is 1.29. The van der Waals surface area contributed by atoms with Crippen molar-refractivity contribution in [3.8, 4) is 0 Å². The Labute approximate surface area is 89.2 Å². The van der Waals surface area contributed by atoms with E-state index >= 15 is 0 Å². The molecule has 0 saturated heterocycles. The Morgan fingerprint density at radius 3 is 0.833 bits per heavy atom. The SMILES string of the molecule is O=P([O-])([O-])F.O=P([O-])([O-])F.[Cr+3].[Li+]. The summed E-state index contributed by atoms with van der Waals surface area (Å²) in [5, 5.41) is 0. The normalized spacial score (nSPS) is 9.83. The number of halogens is 2. The molecule has 0 aromatic carbocycles. The van der Waals surface area contributed by atoms with Gasteiger partial charge in [0.25, 0.3) is 0 Å². The van der Waals surface area contributed by atoms with Gasteiger partial charge in [-0.25, -0.2) is 8.39 Å². The first-order valence-corrected chi connectivity index (χ1v) is 4.30. The number of hydrogen-bond donors (Lipinski definition) is 0. The third-order valence-electron chi connectivity index (χ3n) is 0. The van der Waals surface area contributed by atoms with Gasteiger partial charge in [-0.15, -0.1) is 0 Å².